The molecule has 0 saturated carbocycles. The van der Waals surface area contributed by atoms with Gasteiger partial charge in [-0.2, -0.15) is 0 Å². The van der Waals surface area contributed by atoms with E-state index in [1.807, 2.05) is 0 Å². The van der Waals surface area contributed by atoms with Crippen LogP contribution in [0, 0.1) is 0 Å². The molecule has 0 aromatic rings. The molecule has 4 heteroatoms. The van der Waals surface area contributed by atoms with E-state index in [1.165, 1.54) is 109 Å². The lowest BCUT2D eigenvalue weighted by molar-refractivity contribution is -0.911. The van der Waals surface area contributed by atoms with Crippen molar-refractivity contribution in [3.8, 4) is 0 Å². The Labute approximate surface area is 239 Å². The van der Waals surface area contributed by atoms with Gasteiger partial charge in [-0.3, -0.25) is 4.79 Å². The lowest BCUT2D eigenvalue weighted by Crippen LogP contribution is -3.00. The van der Waals surface area contributed by atoms with Gasteiger partial charge in [-0.15, -0.1) is 0 Å². The van der Waals surface area contributed by atoms with Crippen LogP contribution in [0.5, 0.6) is 0 Å². The minimum atomic E-state index is -1.14. The third-order valence-electron chi connectivity index (χ3n) is 8.64. The summed E-state index contributed by atoms with van der Waals surface area (Å²) >= 11 is 0. The van der Waals surface area contributed by atoms with Crippen LogP contribution in [0.3, 0.4) is 0 Å². The van der Waals surface area contributed by atoms with Crippen LogP contribution >= 0.6 is 0 Å². The number of Topliss-reactive ketones (excluding diaryl/α,β-unsaturated/α-hetero) is 1. The number of aliphatic hydroxyl groups is 1. The van der Waals surface area contributed by atoms with Gasteiger partial charge >= 0.3 is 0 Å². The number of halogens is 1. The lowest BCUT2D eigenvalue weighted by atomic mass is 9.87. The van der Waals surface area contributed by atoms with Gasteiger partial charge in [0, 0.05) is 6.42 Å². The van der Waals surface area contributed by atoms with Crippen LogP contribution in [0.15, 0.2) is 0 Å². The van der Waals surface area contributed by atoms with E-state index in [1.54, 1.807) is 0 Å². The number of likely N-dealkylation sites (N-methyl/N-ethyl adjacent to an activating group) is 1. The minimum Gasteiger partial charge on any atom is -1.00 e. The highest BCUT2D eigenvalue weighted by Crippen LogP contribution is 2.25. The average molecular weight is 546 g/mol. The highest BCUT2D eigenvalue weighted by molar-refractivity contribution is 5.87. The van der Waals surface area contributed by atoms with Crippen molar-refractivity contribution in [2.75, 3.05) is 26.7 Å². The zero-order valence-corrected chi connectivity index (χ0v) is 26.8. The fourth-order valence-electron chi connectivity index (χ4n) is 5.47. The topological polar surface area (TPSA) is 37.3 Å². The highest BCUT2D eigenvalue weighted by atomic mass is 35.5. The van der Waals surface area contributed by atoms with E-state index in [4.69, 9.17) is 0 Å². The number of carbonyl (C=O) groups excluding carboxylic acids is 1. The standard InChI is InChI=1S/C33H68NO2.ClH/c1-6-10-12-14-16-18-19-20-22-24-26-28-30-33(36,31-34(5,8-3)9-4)32(35)29-27-25-23-21-17-15-13-11-7-2;/h36H,6-31H2,1-5H3;1H/q+1;/p-1. The first-order valence-corrected chi connectivity index (χ1v) is 16.5. The summed E-state index contributed by atoms with van der Waals surface area (Å²) in [5.74, 6) is 0.111. The third-order valence-corrected chi connectivity index (χ3v) is 8.64. The molecule has 0 aromatic carbocycles. The molecule has 0 aromatic heterocycles. The van der Waals surface area contributed by atoms with Gasteiger partial charge in [0.1, 0.15) is 6.54 Å². The molecule has 0 rings (SSSR count). The molecule has 0 spiro atoms. The van der Waals surface area contributed by atoms with Gasteiger partial charge in [0.25, 0.3) is 0 Å². The van der Waals surface area contributed by atoms with Crippen LogP contribution in [0.1, 0.15) is 175 Å². The molecule has 1 unspecified atom stereocenters. The van der Waals surface area contributed by atoms with E-state index in [9.17, 15) is 9.90 Å². The minimum absolute atomic E-state index is 0. The molecule has 0 amide bonds. The number of unbranched alkanes of at least 4 members (excludes halogenated alkanes) is 19. The Morgan fingerprint density at radius 1 is 0.568 bits per heavy atom. The van der Waals surface area contributed by atoms with Crippen molar-refractivity contribution in [2.45, 2.75) is 181 Å². The van der Waals surface area contributed by atoms with E-state index in [0.29, 0.717) is 19.4 Å². The SMILES string of the molecule is CCCCCCCCCCCCCCC(O)(C[N+](C)(CC)CC)C(=O)CCCCCCCCCCC.[Cl-]. The molecule has 37 heavy (non-hydrogen) atoms. The molecule has 0 bridgehead atoms. The van der Waals surface area contributed by atoms with E-state index in [-0.39, 0.29) is 18.2 Å². The second kappa shape index (κ2) is 26.1. The number of nitrogens with zero attached hydrogens (tertiary/aromatic N) is 1. The predicted molar refractivity (Wildman–Crippen MR) is 160 cm³/mol. The van der Waals surface area contributed by atoms with Gasteiger partial charge in [0.2, 0.25) is 0 Å². The van der Waals surface area contributed by atoms with Crippen molar-refractivity contribution >= 4 is 5.78 Å². The molecular weight excluding hydrogens is 478 g/mol. The van der Waals surface area contributed by atoms with E-state index in [0.717, 1.165) is 43.3 Å². The van der Waals surface area contributed by atoms with Gasteiger partial charge in [-0.25, -0.2) is 0 Å². The summed E-state index contributed by atoms with van der Waals surface area (Å²) in [7, 11) is 2.19. The normalized spacial score (nSPS) is 13.4. The Kier molecular flexibility index (Phi) is 27.6. The third kappa shape index (κ3) is 21.4. The molecule has 1 N–H and O–H groups in total. The summed E-state index contributed by atoms with van der Waals surface area (Å²) in [6, 6.07) is 0. The first kappa shape index (κ1) is 39.0. The number of hydrogen-bond donors (Lipinski definition) is 1. The summed E-state index contributed by atoms with van der Waals surface area (Å²) in [4.78, 5) is 13.3. The molecule has 0 fully saturated rings. The second-order valence-corrected chi connectivity index (χ2v) is 12.1. The maximum absolute atomic E-state index is 13.3. The fourth-order valence-corrected chi connectivity index (χ4v) is 5.47. The maximum atomic E-state index is 13.3. The summed E-state index contributed by atoms with van der Waals surface area (Å²) in [6.07, 6.45) is 28.2. The van der Waals surface area contributed by atoms with Crippen molar-refractivity contribution in [1.82, 2.24) is 0 Å². The van der Waals surface area contributed by atoms with Gasteiger partial charge in [0.15, 0.2) is 11.4 Å². The molecule has 0 aliphatic heterocycles. The fraction of sp³-hybridized carbons (Fsp3) is 0.970. The van der Waals surface area contributed by atoms with Gasteiger partial charge < -0.3 is 22.0 Å². The number of rotatable bonds is 28. The smallest absolute Gasteiger partial charge is 0.171 e. The first-order valence-electron chi connectivity index (χ1n) is 16.5. The Balaban J connectivity index is 0. The van der Waals surface area contributed by atoms with Gasteiger partial charge in [-0.1, -0.05) is 136 Å². The Bertz CT molecular complexity index is 495. The first-order chi connectivity index (χ1) is 17.4. The molecule has 3 nitrogen and oxygen atoms in total. The average Bonchev–Trinajstić information content (AvgIpc) is 2.88. The molecule has 0 saturated heterocycles. The zero-order valence-electron chi connectivity index (χ0n) is 26.1. The number of carbonyl (C=O) groups is 1. The van der Waals surface area contributed by atoms with Crippen LogP contribution in [-0.2, 0) is 4.79 Å². The molecule has 0 aliphatic carbocycles. The van der Waals surface area contributed by atoms with Crippen LogP contribution in [-0.4, -0.2) is 47.7 Å². The summed E-state index contributed by atoms with van der Waals surface area (Å²) in [5.41, 5.74) is -1.14. The van der Waals surface area contributed by atoms with E-state index >= 15 is 0 Å². The maximum Gasteiger partial charge on any atom is 0.171 e. The molecule has 224 valence electrons. The second-order valence-electron chi connectivity index (χ2n) is 12.1. The molecule has 1 atom stereocenters. The summed E-state index contributed by atoms with van der Waals surface area (Å²) in [5, 5.41) is 11.6. The number of quaternary nitrogens is 1. The molecule has 0 aliphatic rings. The van der Waals surface area contributed by atoms with Crippen LogP contribution < -0.4 is 12.4 Å². The largest absolute Gasteiger partial charge is 1.00 e. The lowest BCUT2D eigenvalue weighted by Gasteiger charge is -2.39. The number of hydrogen-bond acceptors (Lipinski definition) is 2. The highest BCUT2D eigenvalue weighted by Gasteiger charge is 2.41. The van der Waals surface area contributed by atoms with Gasteiger partial charge in [-0.05, 0) is 33.1 Å². The van der Waals surface area contributed by atoms with Crippen LogP contribution in [0.4, 0.5) is 0 Å². The van der Waals surface area contributed by atoms with Crippen LogP contribution in [0.2, 0.25) is 0 Å². The predicted octanol–water partition coefficient (Wildman–Crippen LogP) is 6.79. The van der Waals surface area contributed by atoms with Crippen molar-refractivity contribution in [3.63, 3.8) is 0 Å². The number of ketones is 1. The van der Waals surface area contributed by atoms with Crippen molar-refractivity contribution in [1.29, 1.82) is 0 Å². The van der Waals surface area contributed by atoms with Crippen molar-refractivity contribution < 1.29 is 26.8 Å². The van der Waals surface area contributed by atoms with Crippen molar-refractivity contribution in [2.24, 2.45) is 0 Å². The molecule has 0 heterocycles. The Morgan fingerprint density at radius 3 is 1.24 bits per heavy atom. The monoisotopic (exact) mass is 545 g/mol. The Hall–Kier alpha value is -0.120. The van der Waals surface area contributed by atoms with E-state index < -0.39 is 5.60 Å². The summed E-state index contributed by atoms with van der Waals surface area (Å²) in [6.45, 7) is 11.4. The van der Waals surface area contributed by atoms with Crippen molar-refractivity contribution in [3.05, 3.63) is 0 Å². The van der Waals surface area contributed by atoms with Gasteiger partial charge in [0.05, 0.1) is 20.1 Å². The van der Waals surface area contributed by atoms with Crippen LogP contribution in [0.25, 0.3) is 0 Å². The zero-order chi connectivity index (χ0) is 27.0. The quantitative estimate of drug-likeness (QED) is 0.0867. The summed E-state index contributed by atoms with van der Waals surface area (Å²) < 4.78 is 0.776. The van der Waals surface area contributed by atoms with E-state index in [2.05, 4.69) is 34.7 Å². The molecular formula is C33H68ClNO2. The molecule has 0 radical (unpaired) electrons. The Morgan fingerprint density at radius 2 is 0.892 bits per heavy atom.